The molecule has 3 aliphatic heterocycles. The molecule has 0 aromatic carbocycles. The summed E-state index contributed by atoms with van der Waals surface area (Å²) in [6.45, 7) is 19.1. The van der Waals surface area contributed by atoms with E-state index in [0.717, 1.165) is 45.1 Å². The molecule has 8 rings (SSSR count). The van der Waals surface area contributed by atoms with Gasteiger partial charge in [0.15, 0.2) is 12.4 Å². The van der Waals surface area contributed by atoms with Crippen LogP contribution >= 0.6 is 0 Å². The molecule has 8 aliphatic rings. The number of rotatable bonds is 6. The van der Waals surface area contributed by atoms with Crippen molar-refractivity contribution in [2.75, 3.05) is 26.3 Å². The maximum atomic E-state index is 12.6. The van der Waals surface area contributed by atoms with Crippen LogP contribution in [0.5, 0.6) is 0 Å². The van der Waals surface area contributed by atoms with Crippen molar-refractivity contribution in [2.45, 2.75) is 162 Å². The van der Waals surface area contributed by atoms with Crippen LogP contribution in [0.2, 0.25) is 0 Å². The van der Waals surface area contributed by atoms with Crippen LogP contribution in [0, 0.1) is 50.7 Å². The SMILES string of the molecule is CC(=O)O[C@@H](C1C[C@@H](C)[C@H]2C(O1)[C@H](O)[C@@]1(C)C3CC[C@H]4C(C)(C)[C@@H](O[C@H]5CN(C6CCOC6=O)CCO5)CC[C@@]45C[C@@]35CC[C@]21C)C(C)(C)O. The molecular formula is C40H63NO9. The fraction of sp³-hybridized carbons (Fsp3) is 0.950. The van der Waals surface area contributed by atoms with Gasteiger partial charge in [-0.2, -0.15) is 0 Å². The minimum Gasteiger partial charge on any atom is -0.464 e. The van der Waals surface area contributed by atoms with Crippen molar-refractivity contribution in [1.29, 1.82) is 0 Å². The van der Waals surface area contributed by atoms with Gasteiger partial charge in [0.1, 0.15) is 6.04 Å². The van der Waals surface area contributed by atoms with Crippen molar-refractivity contribution < 1.29 is 43.5 Å². The zero-order valence-electron chi connectivity index (χ0n) is 31.7. The van der Waals surface area contributed by atoms with Crippen LogP contribution < -0.4 is 0 Å². The molecule has 15 atom stereocenters. The lowest BCUT2D eigenvalue weighted by molar-refractivity contribution is -0.250. The smallest absolute Gasteiger partial charge is 0.323 e. The molecule has 0 bridgehead atoms. The van der Waals surface area contributed by atoms with Gasteiger partial charge in [-0.1, -0.05) is 34.6 Å². The lowest BCUT2D eigenvalue weighted by atomic mass is 9.41. The van der Waals surface area contributed by atoms with E-state index in [1.807, 2.05) is 0 Å². The number of carbonyl (C=O) groups excluding carboxylic acids is 2. The minimum absolute atomic E-state index is 0.0255. The van der Waals surface area contributed by atoms with Gasteiger partial charge in [0.2, 0.25) is 0 Å². The zero-order valence-corrected chi connectivity index (χ0v) is 31.7. The summed E-state index contributed by atoms with van der Waals surface area (Å²) in [5.74, 6) is 0.853. The average Bonchev–Trinajstić information content (AvgIpc) is 3.44. The predicted octanol–water partition coefficient (Wildman–Crippen LogP) is 4.86. The van der Waals surface area contributed by atoms with Gasteiger partial charge >= 0.3 is 11.9 Å². The molecule has 282 valence electrons. The number of ether oxygens (including phenoxy) is 5. The van der Waals surface area contributed by atoms with Crippen molar-refractivity contribution >= 4 is 11.9 Å². The number of hydrogen-bond acceptors (Lipinski definition) is 10. The number of nitrogens with zero attached hydrogens (tertiary/aromatic N) is 1. The molecule has 3 heterocycles. The van der Waals surface area contributed by atoms with E-state index < -0.39 is 29.9 Å². The Labute approximate surface area is 298 Å². The molecular weight excluding hydrogens is 638 g/mol. The Kier molecular flexibility index (Phi) is 8.29. The lowest BCUT2D eigenvalue weighted by Crippen LogP contribution is -2.60. The van der Waals surface area contributed by atoms with Crippen molar-refractivity contribution in [3.05, 3.63) is 0 Å². The van der Waals surface area contributed by atoms with Gasteiger partial charge in [-0.15, -0.1) is 0 Å². The molecule has 8 fully saturated rings. The molecule has 0 aromatic heterocycles. The van der Waals surface area contributed by atoms with Crippen molar-refractivity contribution in [1.82, 2.24) is 4.90 Å². The van der Waals surface area contributed by atoms with Crippen LogP contribution in [0.1, 0.15) is 113 Å². The number of esters is 2. The van der Waals surface area contributed by atoms with Crippen LogP contribution in [0.3, 0.4) is 0 Å². The Balaban J connectivity index is 1.02. The molecule has 10 nitrogen and oxygen atoms in total. The number of morpholine rings is 1. The summed E-state index contributed by atoms with van der Waals surface area (Å²) in [5, 5.41) is 23.6. The monoisotopic (exact) mass is 701 g/mol. The second-order valence-electron chi connectivity index (χ2n) is 19.6. The summed E-state index contributed by atoms with van der Waals surface area (Å²) in [7, 11) is 0. The lowest BCUT2D eigenvalue weighted by Gasteiger charge is -2.64. The molecule has 4 unspecified atom stereocenters. The first-order valence-corrected chi connectivity index (χ1v) is 19.8. The molecule has 0 amide bonds. The molecule has 5 aliphatic carbocycles. The standard InChI is InChI=1S/C40H63NO9/c1-22-19-25(33(36(5,6)45)48-23(2)42)49-31-30(22)37(7)14-15-40-21-39(40)13-11-28(35(3,4)26(39)9-10-27(40)38(37,8)32(31)43)50-29-20-41(16-18-46-29)24-12-17-47-34(24)44/h22,24-33,43,45H,9-21H2,1-8H3/t22-,24?,25?,26+,27?,28+,29+,30+,31?,32+,33+,37-,38-,39-,40+/m1/s1. The highest BCUT2D eigenvalue weighted by molar-refractivity contribution is 5.77. The summed E-state index contributed by atoms with van der Waals surface area (Å²) in [4.78, 5) is 26.6. The van der Waals surface area contributed by atoms with Gasteiger partial charge in [0.25, 0.3) is 0 Å². The summed E-state index contributed by atoms with van der Waals surface area (Å²) < 4.78 is 30.8. The zero-order chi connectivity index (χ0) is 35.8. The van der Waals surface area contributed by atoms with E-state index in [-0.39, 0.29) is 69.4 Å². The highest BCUT2D eigenvalue weighted by Crippen LogP contribution is 2.89. The van der Waals surface area contributed by atoms with E-state index in [0.29, 0.717) is 38.0 Å². The van der Waals surface area contributed by atoms with E-state index in [1.54, 1.807) is 13.8 Å². The van der Waals surface area contributed by atoms with Gasteiger partial charge in [0, 0.05) is 25.3 Å². The third-order valence-electron chi connectivity index (χ3n) is 16.8. The normalized spacial score (nSPS) is 51.7. The number of hydrogen-bond donors (Lipinski definition) is 2. The first-order chi connectivity index (χ1) is 23.4. The Bertz CT molecular complexity index is 1380. The van der Waals surface area contributed by atoms with Gasteiger partial charge in [-0.25, -0.2) is 0 Å². The quantitative estimate of drug-likeness (QED) is 0.371. The summed E-state index contributed by atoms with van der Waals surface area (Å²) in [5.41, 5.74) is -1.19. The number of cyclic esters (lactones) is 1. The first kappa shape index (κ1) is 35.7. The van der Waals surface area contributed by atoms with Crippen LogP contribution in [-0.2, 0) is 33.3 Å². The molecule has 0 aromatic rings. The van der Waals surface area contributed by atoms with Crippen LogP contribution in [0.4, 0.5) is 0 Å². The van der Waals surface area contributed by atoms with Gasteiger partial charge in [-0.05, 0) is 111 Å². The number of carbonyl (C=O) groups is 2. The Morgan fingerprint density at radius 2 is 1.74 bits per heavy atom. The van der Waals surface area contributed by atoms with Crippen molar-refractivity contribution in [3.8, 4) is 0 Å². The molecule has 2 N–H and O–H groups in total. The van der Waals surface area contributed by atoms with E-state index >= 15 is 0 Å². The molecule has 5 saturated carbocycles. The fourth-order valence-electron chi connectivity index (χ4n) is 14.6. The molecule has 10 heteroatoms. The van der Waals surface area contributed by atoms with Gasteiger partial charge in [-0.3, -0.25) is 14.5 Å². The van der Waals surface area contributed by atoms with E-state index in [2.05, 4.69) is 39.5 Å². The first-order valence-electron chi connectivity index (χ1n) is 19.8. The summed E-state index contributed by atoms with van der Waals surface area (Å²) in [6, 6.07) is -0.182. The van der Waals surface area contributed by atoms with E-state index in [1.165, 1.54) is 19.8 Å². The second kappa shape index (κ2) is 11.6. The molecule has 3 saturated heterocycles. The maximum Gasteiger partial charge on any atom is 0.323 e. The van der Waals surface area contributed by atoms with Crippen molar-refractivity contribution in [2.24, 2.45) is 50.7 Å². The second-order valence-corrected chi connectivity index (χ2v) is 19.6. The summed E-state index contributed by atoms with van der Waals surface area (Å²) >= 11 is 0. The minimum atomic E-state index is -1.27. The Morgan fingerprint density at radius 3 is 2.42 bits per heavy atom. The number of fused-ring (bicyclic) bond motifs is 4. The number of aliphatic hydroxyl groups is 2. The topological polar surface area (TPSA) is 124 Å². The van der Waals surface area contributed by atoms with Crippen molar-refractivity contribution in [3.63, 3.8) is 0 Å². The van der Waals surface area contributed by atoms with E-state index in [4.69, 9.17) is 23.7 Å². The fourth-order valence-corrected chi connectivity index (χ4v) is 14.6. The van der Waals surface area contributed by atoms with Gasteiger partial charge < -0.3 is 33.9 Å². The molecule has 50 heavy (non-hydrogen) atoms. The van der Waals surface area contributed by atoms with Crippen LogP contribution in [0.15, 0.2) is 0 Å². The molecule has 2 spiro atoms. The largest absolute Gasteiger partial charge is 0.464 e. The highest BCUT2D eigenvalue weighted by Gasteiger charge is 2.84. The number of aliphatic hydroxyl groups excluding tert-OH is 1. The third-order valence-corrected chi connectivity index (χ3v) is 16.8. The highest BCUT2D eigenvalue weighted by atomic mass is 16.7. The third kappa shape index (κ3) is 4.79. The van der Waals surface area contributed by atoms with Crippen LogP contribution in [0.25, 0.3) is 0 Å². The van der Waals surface area contributed by atoms with Crippen LogP contribution in [-0.4, -0.2) is 102 Å². The Morgan fingerprint density at radius 1 is 1.02 bits per heavy atom. The predicted molar refractivity (Wildman–Crippen MR) is 184 cm³/mol. The van der Waals surface area contributed by atoms with Gasteiger partial charge in [0.05, 0.1) is 49.8 Å². The summed E-state index contributed by atoms with van der Waals surface area (Å²) in [6.07, 6.45) is 6.81. The molecule has 0 radical (unpaired) electrons. The average molecular weight is 702 g/mol. The Hall–Kier alpha value is -1.30. The van der Waals surface area contributed by atoms with E-state index in [9.17, 15) is 19.8 Å². The maximum absolute atomic E-state index is 12.6.